The van der Waals surface area contributed by atoms with E-state index in [-0.39, 0.29) is 35.5 Å². The first kappa shape index (κ1) is 21.8. The first-order valence-corrected chi connectivity index (χ1v) is 11.6. The quantitative estimate of drug-likeness (QED) is 0.373. The van der Waals surface area contributed by atoms with Crippen molar-refractivity contribution in [2.24, 2.45) is 0 Å². The van der Waals surface area contributed by atoms with Crippen molar-refractivity contribution >= 4 is 22.1 Å². The van der Waals surface area contributed by atoms with Gasteiger partial charge in [0.25, 0.3) is 0 Å². The van der Waals surface area contributed by atoms with Crippen LogP contribution >= 0.6 is 0 Å². The highest BCUT2D eigenvalue weighted by Gasteiger charge is 2.30. The summed E-state index contributed by atoms with van der Waals surface area (Å²) in [7, 11) is -4.66. The van der Waals surface area contributed by atoms with E-state index in [0.717, 1.165) is 51.4 Å². The zero-order valence-corrected chi connectivity index (χ0v) is 17.5. The van der Waals surface area contributed by atoms with Crippen LogP contribution in [0.2, 0.25) is 0 Å². The van der Waals surface area contributed by atoms with E-state index in [0.29, 0.717) is 11.1 Å². The average Bonchev–Trinajstić information content (AvgIpc) is 3.33. The molecule has 0 unspecified atom stereocenters. The highest BCUT2D eigenvalue weighted by Crippen LogP contribution is 2.45. The molecule has 2 aliphatic rings. The number of hydrogen-bond donors (Lipinski definition) is 0. The van der Waals surface area contributed by atoms with Crippen molar-refractivity contribution in [3.05, 3.63) is 23.3 Å². The molecule has 0 N–H and O–H groups in total. The van der Waals surface area contributed by atoms with Crippen LogP contribution in [-0.4, -0.2) is 31.5 Å². The predicted molar refractivity (Wildman–Crippen MR) is 104 cm³/mol. The molecule has 0 aliphatic heterocycles. The normalized spacial score (nSPS) is 18.1. The Morgan fingerprint density at radius 2 is 1.48 bits per heavy atom. The van der Waals surface area contributed by atoms with Gasteiger partial charge in [-0.3, -0.25) is 9.59 Å². The minimum Gasteiger partial charge on any atom is -0.744 e. The van der Waals surface area contributed by atoms with Gasteiger partial charge in [0.1, 0.15) is 22.5 Å². The van der Waals surface area contributed by atoms with Gasteiger partial charge in [0.05, 0.1) is 11.3 Å². The summed E-state index contributed by atoms with van der Waals surface area (Å²) in [6, 6.07) is 3.09. The topological polar surface area (TPSA) is 110 Å². The van der Waals surface area contributed by atoms with Gasteiger partial charge in [0, 0.05) is 6.92 Å². The third-order valence-corrected chi connectivity index (χ3v) is 6.77. The van der Waals surface area contributed by atoms with Crippen LogP contribution in [-0.2, 0) is 24.4 Å². The molecule has 2 fully saturated rings. The monoisotopic (exact) mass is 423 g/mol. The minimum absolute atomic E-state index is 0.0198. The molecule has 0 heterocycles. The molecule has 2 saturated carbocycles. The second-order valence-electron chi connectivity index (χ2n) is 7.91. The molecular formula is C21H27O7S-. The zero-order valence-electron chi connectivity index (χ0n) is 16.6. The van der Waals surface area contributed by atoms with Gasteiger partial charge in [0.2, 0.25) is 0 Å². The van der Waals surface area contributed by atoms with E-state index in [1.807, 2.05) is 0 Å². The van der Waals surface area contributed by atoms with Crippen LogP contribution in [0.25, 0.3) is 0 Å². The maximum atomic E-state index is 12.2. The Labute approximate surface area is 171 Å². The Balaban J connectivity index is 1.96. The Kier molecular flexibility index (Phi) is 6.95. The fourth-order valence-electron chi connectivity index (χ4n) is 4.53. The van der Waals surface area contributed by atoms with Crippen molar-refractivity contribution in [1.29, 1.82) is 0 Å². The standard InChI is InChI=1S/C21H28O7S/c1-14(22)27-11-10-20(23)28-17-12-18(15-6-2-3-7-15)21(29(24,25)26)19(13-17)16-8-4-5-9-16/h12-13,15-16H,2-11H2,1H3,(H,24,25,26)/p-1. The number of carbonyl (C=O) groups excluding carboxylic acids is 2. The molecule has 0 radical (unpaired) electrons. The summed E-state index contributed by atoms with van der Waals surface area (Å²) in [6.07, 6.45) is 7.09. The third kappa shape index (κ3) is 5.57. The number of benzene rings is 1. The molecular weight excluding hydrogens is 396 g/mol. The number of esters is 2. The third-order valence-electron chi connectivity index (χ3n) is 5.80. The molecule has 0 saturated heterocycles. The van der Waals surface area contributed by atoms with Gasteiger partial charge in [0.15, 0.2) is 0 Å². The molecule has 3 rings (SSSR count). The van der Waals surface area contributed by atoms with E-state index in [2.05, 4.69) is 0 Å². The highest BCUT2D eigenvalue weighted by atomic mass is 32.2. The molecule has 1 aromatic rings. The first-order valence-electron chi connectivity index (χ1n) is 10.2. The van der Waals surface area contributed by atoms with E-state index in [4.69, 9.17) is 9.47 Å². The van der Waals surface area contributed by atoms with Gasteiger partial charge in [-0.05, 0) is 60.8 Å². The lowest BCUT2D eigenvalue weighted by Crippen LogP contribution is -2.16. The summed E-state index contributed by atoms with van der Waals surface area (Å²) in [5.74, 6) is -0.829. The lowest BCUT2D eigenvalue weighted by molar-refractivity contribution is -0.143. The number of rotatable bonds is 7. The van der Waals surface area contributed by atoms with Crippen molar-refractivity contribution in [3.8, 4) is 5.75 Å². The fraction of sp³-hybridized carbons (Fsp3) is 0.619. The number of hydrogen-bond acceptors (Lipinski definition) is 7. The van der Waals surface area contributed by atoms with Crippen molar-refractivity contribution in [2.45, 2.75) is 81.4 Å². The summed E-state index contributed by atoms with van der Waals surface area (Å²) in [6.45, 7) is 1.18. The largest absolute Gasteiger partial charge is 0.744 e. The molecule has 2 aliphatic carbocycles. The Morgan fingerprint density at radius 3 is 1.90 bits per heavy atom. The van der Waals surface area contributed by atoms with Crippen LogP contribution in [0.5, 0.6) is 5.75 Å². The van der Waals surface area contributed by atoms with Crippen LogP contribution in [0, 0.1) is 0 Å². The van der Waals surface area contributed by atoms with Crippen LogP contribution in [0.15, 0.2) is 17.0 Å². The predicted octanol–water partition coefficient (Wildman–Crippen LogP) is 3.76. The van der Waals surface area contributed by atoms with E-state index >= 15 is 0 Å². The lowest BCUT2D eigenvalue weighted by Gasteiger charge is -2.25. The first-order chi connectivity index (χ1) is 13.8. The summed E-state index contributed by atoms with van der Waals surface area (Å²) in [4.78, 5) is 22.9. The highest BCUT2D eigenvalue weighted by molar-refractivity contribution is 7.85. The maximum absolute atomic E-state index is 12.2. The van der Waals surface area contributed by atoms with Gasteiger partial charge in [-0.2, -0.15) is 0 Å². The van der Waals surface area contributed by atoms with E-state index in [9.17, 15) is 22.6 Å². The van der Waals surface area contributed by atoms with Gasteiger partial charge in [-0.25, -0.2) is 8.42 Å². The smallest absolute Gasteiger partial charge is 0.314 e. The molecule has 0 aromatic heterocycles. The van der Waals surface area contributed by atoms with Crippen LogP contribution in [0.3, 0.4) is 0 Å². The Morgan fingerprint density at radius 1 is 1.00 bits per heavy atom. The Hall–Kier alpha value is -1.93. The summed E-state index contributed by atoms with van der Waals surface area (Å²) >= 11 is 0. The summed E-state index contributed by atoms with van der Waals surface area (Å²) in [5.41, 5.74) is 0.981. The fourth-order valence-corrected chi connectivity index (χ4v) is 5.56. The van der Waals surface area contributed by atoms with Crippen LogP contribution in [0.4, 0.5) is 0 Å². The molecule has 8 heteroatoms. The summed E-state index contributed by atoms with van der Waals surface area (Å²) < 4.78 is 46.8. The van der Waals surface area contributed by atoms with Gasteiger partial charge in [-0.15, -0.1) is 0 Å². The molecule has 29 heavy (non-hydrogen) atoms. The molecule has 0 bridgehead atoms. The zero-order chi connectivity index (χ0) is 21.0. The molecule has 0 amide bonds. The van der Waals surface area contributed by atoms with Gasteiger partial charge < -0.3 is 14.0 Å². The van der Waals surface area contributed by atoms with Crippen LogP contribution < -0.4 is 4.74 Å². The van der Waals surface area contributed by atoms with Gasteiger partial charge in [-0.1, -0.05) is 25.7 Å². The molecule has 160 valence electrons. The Bertz CT molecular complexity index is 826. The second-order valence-corrected chi connectivity index (χ2v) is 9.23. The van der Waals surface area contributed by atoms with Crippen LogP contribution in [0.1, 0.15) is 87.7 Å². The lowest BCUT2D eigenvalue weighted by atomic mass is 9.90. The van der Waals surface area contributed by atoms with E-state index in [1.54, 1.807) is 12.1 Å². The maximum Gasteiger partial charge on any atom is 0.314 e. The molecule has 1 aromatic carbocycles. The number of ether oxygens (including phenoxy) is 2. The SMILES string of the molecule is CC(=O)OCCC(=O)Oc1cc(C2CCCC2)c(S(=O)(=O)[O-])c(C2CCCC2)c1. The average molecular weight is 424 g/mol. The van der Waals surface area contributed by atoms with Gasteiger partial charge >= 0.3 is 11.9 Å². The van der Waals surface area contributed by atoms with Crippen molar-refractivity contribution in [1.82, 2.24) is 0 Å². The molecule has 7 nitrogen and oxygen atoms in total. The molecule has 0 spiro atoms. The van der Waals surface area contributed by atoms with E-state index in [1.165, 1.54) is 6.92 Å². The minimum atomic E-state index is -4.66. The number of carbonyl (C=O) groups is 2. The second kappa shape index (κ2) is 9.26. The molecule has 0 atom stereocenters. The van der Waals surface area contributed by atoms with Crippen molar-refractivity contribution < 1.29 is 32.0 Å². The summed E-state index contributed by atoms with van der Waals surface area (Å²) in [5, 5.41) is 0. The van der Waals surface area contributed by atoms with E-state index < -0.39 is 22.1 Å². The van der Waals surface area contributed by atoms with Crippen molar-refractivity contribution in [2.75, 3.05) is 6.61 Å². The van der Waals surface area contributed by atoms with Crippen molar-refractivity contribution in [3.63, 3.8) is 0 Å².